The Hall–Kier alpha value is -3.55. The molecule has 1 aromatic carbocycles. The number of hydrogen-bond donors (Lipinski definition) is 2. The van der Waals surface area contributed by atoms with Crippen molar-refractivity contribution in [2.75, 3.05) is 54.8 Å². The summed E-state index contributed by atoms with van der Waals surface area (Å²) in [5, 5.41) is 17.8. The molecule has 1 atom stereocenters. The van der Waals surface area contributed by atoms with Gasteiger partial charge in [-0.25, -0.2) is 8.42 Å². The molecule has 0 radical (unpaired) electrons. The van der Waals surface area contributed by atoms with E-state index in [4.69, 9.17) is 14.3 Å². The van der Waals surface area contributed by atoms with Crippen molar-refractivity contribution in [3.05, 3.63) is 42.2 Å². The Morgan fingerprint density at radius 3 is 2.62 bits per heavy atom. The molecule has 3 aliphatic heterocycles. The average Bonchev–Trinajstić information content (AvgIpc) is 3.48. The maximum atomic E-state index is 13.1. The fourth-order valence-corrected chi connectivity index (χ4v) is 6.31. The van der Waals surface area contributed by atoms with E-state index < -0.39 is 22.4 Å². The molecule has 1 fully saturated rings. The Morgan fingerprint density at radius 2 is 1.88 bits per heavy atom. The van der Waals surface area contributed by atoms with Gasteiger partial charge in [-0.15, -0.1) is 10.2 Å². The summed E-state index contributed by atoms with van der Waals surface area (Å²) < 4.78 is 39.6. The van der Waals surface area contributed by atoms with Gasteiger partial charge < -0.3 is 24.1 Å². The fourth-order valence-electron chi connectivity index (χ4n) is 5.48. The lowest BCUT2D eigenvalue weighted by Crippen LogP contribution is -2.38. The van der Waals surface area contributed by atoms with E-state index in [1.807, 2.05) is 24.0 Å². The van der Waals surface area contributed by atoms with Crippen molar-refractivity contribution in [1.82, 2.24) is 20.1 Å². The molecule has 0 saturated carbocycles. The molecule has 3 aromatic rings. The zero-order valence-electron chi connectivity index (χ0n) is 24.0. The molecule has 1 saturated heterocycles. The minimum absolute atomic E-state index is 0.0185. The topological polar surface area (TPSA) is 151 Å². The highest BCUT2D eigenvalue weighted by Crippen LogP contribution is 2.36. The number of pyridine rings is 1. The number of nitrogens with one attached hydrogen (secondary N) is 1. The third-order valence-corrected chi connectivity index (χ3v) is 9.12. The first-order chi connectivity index (χ1) is 20.3. The Labute approximate surface area is 246 Å². The summed E-state index contributed by atoms with van der Waals surface area (Å²) in [4.78, 5) is 21.7. The van der Waals surface area contributed by atoms with E-state index in [1.54, 1.807) is 24.4 Å². The zero-order valence-corrected chi connectivity index (χ0v) is 24.8. The van der Waals surface area contributed by atoms with Crippen LogP contribution in [-0.2, 0) is 19.6 Å². The van der Waals surface area contributed by atoms with Crippen LogP contribution in [0, 0.1) is 0 Å². The second-order valence-corrected chi connectivity index (χ2v) is 12.4. The van der Waals surface area contributed by atoms with Crippen LogP contribution in [0.4, 0.5) is 11.4 Å². The molecule has 6 rings (SSSR count). The van der Waals surface area contributed by atoms with Crippen molar-refractivity contribution in [1.29, 1.82) is 0 Å². The number of anilines is 2. The number of aliphatic hydroxyl groups is 1. The molecular formula is C29H38N6O6S. The molecule has 3 aliphatic rings. The molecule has 1 unspecified atom stereocenters. The van der Waals surface area contributed by atoms with Gasteiger partial charge in [0.25, 0.3) is 0 Å². The number of piperidine rings is 1. The first kappa shape index (κ1) is 29.9. The van der Waals surface area contributed by atoms with Crippen molar-refractivity contribution in [2.45, 2.75) is 51.6 Å². The minimum Gasteiger partial charge on any atom is -0.416 e. The summed E-state index contributed by atoms with van der Waals surface area (Å²) >= 11 is 0. The van der Waals surface area contributed by atoms with Crippen LogP contribution in [0.3, 0.4) is 0 Å². The molecule has 2 N–H and O–H groups in total. The number of sulfonamides is 1. The molecule has 2 aromatic heterocycles. The first-order valence-corrected chi connectivity index (χ1v) is 16.1. The molecule has 12 nitrogen and oxygen atoms in total. The van der Waals surface area contributed by atoms with Crippen LogP contribution in [0.5, 0.6) is 0 Å². The van der Waals surface area contributed by atoms with Crippen molar-refractivity contribution in [3.63, 3.8) is 0 Å². The third kappa shape index (κ3) is 6.90. The van der Waals surface area contributed by atoms with Crippen molar-refractivity contribution >= 4 is 27.3 Å². The number of hydrogen-bond acceptors (Lipinski definition) is 10. The van der Waals surface area contributed by atoms with E-state index in [0.717, 1.165) is 36.2 Å². The second-order valence-electron chi connectivity index (χ2n) is 10.6. The summed E-state index contributed by atoms with van der Waals surface area (Å²) in [6.07, 6.45) is 4.36. The van der Waals surface area contributed by atoms with E-state index in [0.29, 0.717) is 62.2 Å². The highest BCUT2D eigenvalue weighted by atomic mass is 32.2. The predicted molar refractivity (Wildman–Crippen MR) is 159 cm³/mol. The van der Waals surface area contributed by atoms with Gasteiger partial charge in [-0.3, -0.25) is 14.5 Å². The van der Waals surface area contributed by atoms with Crippen LogP contribution in [0.15, 0.2) is 40.9 Å². The van der Waals surface area contributed by atoms with E-state index in [1.165, 1.54) is 0 Å². The molecular weight excluding hydrogens is 560 g/mol. The Kier molecular flexibility index (Phi) is 9.39. The van der Waals surface area contributed by atoms with Crippen LogP contribution in [-0.4, -0.2) is 90.8 Å². The smallest absolute Gasteiger partial charge is 0.250 e. The number of aliphatic hydroxyl groups excluding tert-OH is 1. The van der Waals surface area contributed by atoms with Crippen molar-refractivity contribution < 1.29 is 27.5 Å². The molecule has 0 spiro atoms. The van der Waals surface area contributed by atoms with Gasteiger partial charge in [-0.2, -0.15) is 0 Å². The number of ether oxygens (including phenoxy) is 1. The Bertz CT molecular complexity index is 1490. The van der Waals surface area contributed by atoms with Gasteiger partial charge in [0.2, 0.25) is 27.7 Å². The van der Waals surface area contributed by atoms with E-state index in [2.05, 4.69) is 31.7 Å². The van der Waals surface area contributed by atoms with Gasteiger partial charge in [-0.05, 0) is 56.5 Å². The molecule has 226 valence electrons. The van der Waals surface area contributed by atoms with E-state index in [-0.39, 0.29) is 17.9 Å². The SMILES string of the molecule is CCC1CN(CC)C(=O)CCOC2CCN(CC2)c2cc(NS(=O)(=O)CCO)ccc2-c2nnc(o2)-c2ccnc1c2. The number of amides is 1. The lowest BCUT2D eigenvalue weighted by atomic mass is 9.99. The molecule has 5 heterocycles. The number of rotatable bonds is 6. The highest BCUT2D eigenvalue weighted by molar-refractivity contribution is 7.92. The van der Waals surface area contributed by atoms with Gasteiger partial charge in [-0.1, -0.05) is 6.92 Å². The van der Waals surface area contributed by atoms with Crippen LogP contribution in [0.1, 0.15) is 51.1 Å². The zero-order chi connectivity index (χ0) is 29.7. The maximum Gasteiger partial charge on any atom is 0.250 e. The van der Waals surface area contributed by atoms with Crippen LogP contribution in [0.25, 0.3) is 22.9 Å². The van der Waals surface area contributed by atoms with Crippen LogP contribution in [0.2, 0.25) is 0 Å². The number of aromatic nitrogens is 3. The van der Waals surface area contributed by atoms with E-state index >= 15 is 0 Å². The summed E-state index contributed by atoms with van der Waals surface area (Å²) in [5.74, 6) is 0.362. The number of carbonyl (C=O) groups excluding carboxylic acids is 1. The molecule has 1 amide bonds. The number of carbonyl (C=O) groups is 1. The standard InChI is InChI=1S/C29H38N6O6S/c1-3-20-19-34(4-2)27(37)10-15-40-23-8-12-35(13-9-23)26-18-22(33-42(38,39)16-14-36)5-6-24(26)29-32-31-28(41-29)21-7-11-30-25(20)17-21/h5-7,11,17-18,20,23,33,36H,3-4,8-10,12-16,19H2,1-2H3. The average molecular weight is 599 g/mol. The van der Waals surface area contributed by atoms with Crippen molar-refractivity contribution in [3.8, 4) is 22.9 Å². The van der Waals surface area contributed by atoms with Gasteiger partial charge in [0.05, 0.1) is 48.4 Å². The van der Waals surface area contributed by atoms with Gasteiger partial charge in [0.1, 0.15) is 0 Å². The summed E-state index contributed by atoms with van der Waals surface area (Å²) in [7, 11) is -3.71. The third-order valence-electron chi connectivity index (χ3n) is 7.85. The van der Waals surface area contributed by atoms with Gasteiger partial charge in [0, 0.05) is 49.6 Å². The maximum absolute atomic E-state index is 13.1. The van der Waals surface area contributed by atoms with Gasteiger partial charge in [0.15, 0.2) is 0 Å². The predicted octanol–water partition coefficient (Wildman–Crippen LogP) is 3.26. The Balaban J connectivity index is 1.54. The molecule has 6 bridgehead atoms. The number of fused-ring (bicyclic) bond motifs is 8. The normalized spacial score (nSPS) is 20.0. The fraction of sp³-hybridized carbons (Fsp3) is 0.517. The molecule has 13 heteroatoms. The first-order valence-electron chi connectivity index (χ1n) is 14.5. The number of benzene rings is 1. The lowest BCUT2D eigenvalue weighted by Gasteiger charge is -2.34. The largest absolute Gasteiger partial charge is 0.416 e. The van der Waals surface area contributed by atoms with E-state index in [9.17, 15) is 13.2 Å². The minimum atomic E-state index is -3.71. The Morgan fingerprint density at radius 1 is 1.10 bits per heavy atom. The highest BCUT2D eigenvalue weighted by Gasteiger charge is 2.26. The molecule has 42 heavy (non-hydrogen) atoms. The second kappa shape index (κ2) is 13.2. The van der Waals surface area contributed by atoms with Crippen molar-refractivity contribution in [2.24, 2.45) is 0 Å². The summed E-state index contributed by atoms with van der Waals surface area (Å²) in [6, 6.07) is 8.93. The summed E-state index contributed by atoms with van der Waals surface area (Å²) in [6.45, 7) is 6.45. The van der Waals surface area contributed by atoms with Crippen LogP contribution >= 0.6 is 0 Å². The van der Waals surface area contributed by atoms with Crippen LogP contribution < -0.4 is 9.62 Å². The number of nitrogens with zero attached hydrogens (tertiary/aromatic N) is 5. The quantitative estimate of drug-likeness (QED) is 0.433. The summed E-state index contributed by atoms with van der Waals surface area (Å²) in [5.41, 5.74) is 3.39. The monoisotopic (exact) mass is 598 g/mol. The lowest BCUT2D eigenvalue weighted by molar-refractivity contribution is -0.133. The molecule has 0 aliphatic carbocycles. The number of likely N-dealkylation sites (N-methyl/N-ethyl adjacent to an activating group) is 1. The van der Waals surface area contributed by atoms with Gasteiger partial charge >= 0.3 is 0 Å².